The van der Waals surface area contributed by atoms with Gasteiger partial charge >= 0.3 is 5.97 Å². The first-order valence-corrected chi connectivity index (χ1v) is 6.94. The Bertz CT molecular complexity index is 327. The molecule has 5 nitrogen and oxygen atoms in total. The number of nitrogens with zero attached hydrogens (tertiary/aromatic N) is 2. The van der Waals surface area contributed by atoms with Crippen LogP contribution in [0.25, 0.3) is 0 Å². The third kappa shape index (κ3) is 9.19. The van der Waals surface area contributed by atoms with Crippen LogP contribution in [0.15, 0.2) is 30.0 Å². The minimum absolute atomic E-state index is 0.409. The number of aliphatic imine (C=N–C) groups is 1. The number of rotatable bonds is 12. The van der Waals surface area contributed by atoms with Crippen LogP contribution in [0.3, 0.4) is 0 Å². The summed E-state index contributed by atoms with van der Waals surface area (Å²) in [6.07, 6.45) is 8.82. The van der Waals surface area contributed by atoms with Crippen LogP contribution in [-0.4, -0.2) is 49.1 Å². The van der Waals surface area contributed by atoms with Crippen molar-refractivity contribution in [1.29, 1.82) is 0 Å². The Kier molecular flexibility index (Phi) is 11.2. The zero-order chi connectivity index (χ0) is 15.2. The maximum absolute atomic E-state index is 10.9. The van der Waals surface area contributed by atoms with Crippen molar-refractivity contribution >= 4 is 12.3 Å². The highest BCUT2D eigenvalue weighted by molar-refractivity contribution is 5.72. The molecule has 20 heavy (non-hydrogen) atoms. The number of ether oxygens (including phenoxy) is 1. The van der Waals surface area contributed by atoms with E-state index >= 15 is 0 Å². The highest BCUT2D eigenvalue weighted by Crippen LogP contribution is 2.06. The molecule has 114 valence electrons. The largest absolute Gasteiger partial charge is 0.501 e. The molecule has 0 fully saturated rings. The van der Waals surface area contributed by atoms with Crippen LogP contribution in [-0.2, 0) is 9.53 Å². The summed E-state index contributed by atoms with van der Waals surface area (Å²) >= 11 is 0. The predicted molar refractivity (Wildman–Crippen MR) is 81.9 cm³/mol. The Balaban J connectivity index is 3.88. The van der Waals surface area contributed by atoms with Gasteiger partial charge in [0.25, 0.3) is 0 Å². The number of hydrogen-bond acceptors (Lipinski definition) is 3. The number of allylic oxidation sites excluding steroid dienone is 1. The van der Waals surface area contributed by atoms with Crippen molar-refractivity contribution in [2.24, 2.45) is 10.9 Å². The SMILES string of the molecule is C=CCC(/C=C/OCCCN(C=NC)CCC)C(=O)O. The molecule has 0 radical (unpaired) electrons. The maximum atomic E-state index is 10.9. The monoisotopic (exact) mass is 282 g/mol. The molecule has 0 saturated carbocycles. The molecule has 0 aromatic heterocycles. The summed E-state index contributed by atoms with van der Waals surface area (Å²) in [7, 11) is 1.76. The van der Waals surface area contributed by atoms with Crippen LogP contribution in [0, 0.1) is 5.92 Å². The van der Waals surface area contributed by atoms with Crippen LogP contribution >= 0.6 is 0 Å². The summed E-state index contributed by atoms with van der Waals surface area (Å²) in [6.45, 7) is 8.09. The summed E-state index contributed by atoms with van der Waals surface area (Å²) in [4.78, 5) is 17.0. The first-order valence-electron chi connectivity index (χ1n) is 6.94. The number of aliphatic carboxylic acids is 1. The van der Waals surface area contributed by atoms with Gasteiger partial charge in [0.15, 0.2) is 0 Å². The number of carboxylic acid groups (broad SMARTS) is 1. The Morgan fingerprint density at radius 3 is 2.80 bits per heavy atom. The molecule has 0 aliphatic heterocycles. The van der Waals surface area contributed by atoms with Crippen molar-refractivity contribution in [3.63, 3.8) is 0 Å². The van der Waals surface area contributed by atoms with E-state index in [1.165, 1.54) is 6.26 Å². The van der Waals surface area contributed by atoms with E-state index in [2.05, 4.69) is 23.4 Å². The molecule has 0 aromatic rings. The zero-order valence-corrected chi connectivity index (χ0v) is 12.5. The van der Waals surface area contributed by atoms with Crippen molar-refractivity contribution < 1.29 is 14.6 Å². The quantitative estimate of drug-likeness (QED) is 0.196. The molecule has 1 atom stereocenters. The van der Waals surface area contributed by atoms with Crippen molar-refractivity contribution in [1.82, 2.24) is 4.90 Å². The maximum Gasteiger partial charge on any atom is 0.310 e. The molecule has 0 amide bonds. The molecule has 5 heteroatoms. The Morgan fingerprint density at radius 2 is 2.25 bits per heavy atom. The van der Waals surface area contributed by atoms with Crippen LogP contribution < -0.4 is 0 Å². The van der Waals surface area contributed by atoms with Crippen molar-refractivity contribution in [2.75, 3.05) is 26.7 Å². The summed E-state index contributed by atoms with van der Waals surface area (Å²) in [5.41, 5.74) is 0. The van der Waals surface area contributed by atoms with Crippen LogP contribution in [0.2, 0.25) is 0 Å². The van der Waals surface area contributed by atoms with Crippen molar-refractivity contribution in [2.45, 2.75) is 26.2 Å². The molecule has 0 spiro atoms. The summed E-state index contributed by atoms with van der Waals surface area (Å²) in [6, 6.07) is 0. The van der Waals surface area contributed by atoms with Gasteiger partial charge in [-0.2, -0.15) is 0 Å². The lowest BCUT2D eigenvalue weighted by molar-refractivity contribution is -0.140. The molecule has 1 unspecified atom stereocenters. The van der Waals surface area contributed by atoms with E-state index in [1.807, 2.05) is 6.34 Å². The molecule has 0 aliphatic rings. The fourth-order valence-electron chi connectivity index (χ4n) is 1.69. The third-order valence-corrected chi connectivity index (χ3v) is 2.64. The van der Waals surface area contributed by atoms with E-state index in [0.29, 0.717) is 13.0 Å². The zero-order valence-electron chi connectivity index (χ0n) is 12.5. The van der Waals surface area contributed by atoms with E-state index in [4.69, 9.17) is 9.84 Å². The van der Waals surface area contributed by atoms with Gasteiger partial charge < -0.3 is 14.7 Å². The van der Waals surface area contributed by atoms with Gasteiger partial charge in [0, 0.05) is 20.1 Å². The minimum Gasteiger partial charge on any atom is -0.501 e. The van der Waals surface area contributed by atoms with Gasteiger partial charge in [0.2, 0.25) is 0 Å². The summed E-state index contributed by atoms with van der Waals surface area (Å²) in [5.74, 6) is -1.42. The average Bonchev–Trinajstić information content (AvgIpc) is 2.41. The Labute approximate surface area is 121 Å². The van der Waals surface area contributed by atoms with E-state index in [-0.39, 0.29) is 0 Å². The second-order valence-corrected chi connectivity index (χ2v) is 4.43. The van der Waals surface area contributed by atoms with E-state index in [1.54, 1.807) is 19.2 Å². The van der Waals surface area contributed by atoms with E-state index in [9.17, 15) is 4.79 Å². The fraction of sp³-hybridized carbons (Fsp3) is 0.600. The van der Waals surface area contributed by atoms with Crippen LogP contribution in [0.5, 0.6) is 0 Å². The molecule has 0 bridgehead atoms. The van der Waals surface area contributed by atoms with Gasteiger partial charge in [-0.3, -0.25) is 9.79 Å². The Hall–Kier alpha value is -1.78. The average molecular weight is 282 g/mol. The lowest BCUT2D eigenvalue weighted by Gasteiger charge is -2.17. The van der Waals surface area contributed by atoms with Gasteiger partial charge in [-0.05, 0) is 25.3 Å². The predicted octanol–water partition coefficient (Wildman–Crippen LogP) is 2.55. The molecular formula is C15H26N2O3. The molecular weight excluding hydrogens is 256 g/mol. The second-order valence-electron chi connectivity index (χ2n) is 4.43. The standard InChI is InChI=1S/C15H26N2O3/c1-4-7-14(15(18)19)8-12-20-11-6-10-17(9-5-2)13-16-3/h4,8,12-14H,1,5-7,9-11H2,2-3H3,(H,18,19)/b12-8+,16-13?. The molecule has 0 rings (SSSR count). The molecule has 0 aromatic carbocycles. The van der Waals surface area contributed by atoms with Crippen molar-refractivity contribution in [3.8, 4) is 0 Å². The number of hydrogen-bond donors (Lipinski definition) is 1. The lowest BCUT2D eigenvalue weighted by atomic mass is 10.1. The van der Waals surface area contributed by atoms with Crippen LogP contribution in [0.4, 0.5) is 0 Å². The number of carbonyl (C=O) groups is 1. The third-order valence-electron chi connectivity index (χ3n) is 2.64. The molecule has 0 aliphatic carbocycles. The first-order chi connectivity index (χ1) is 9.65. The lowest BCUT2D eigenvalue weighted by Crippen LogP contribution is -2.24. The van der Waals surface area contributed by atoms with E-state index in [0.717, 1.165) is 25.9 Å². The van der Waals surface area contributed by atoms with Crippen LogP contribution in [0.1, 0.15) is 26.2 Å². The Morgan fingerprint density at radius 1 is 1.50 bits per heavy atom. The normalized spacial score (nSPS) is 12.7. The van der Waals surface area contributed by atoms with Gasteiger partial charge in [0.05, 0.1) is 25.1 Å². The smallest absolute Gasteiger partial charge is 0.310 e. The van der Waals surface area contributed by atoms with Crippen molar-refractivity contribution in [3.05, 3.63) is 25.0 Å². The summed E-state index contributed by atoms with van der Waals surface area (Å²) in [5, 5.41) is 8.92. The topological polar surface area (TPSA) is 62.1 Å². The first kappa shape index (κ1) is 18.2. The second kappa shape index (κ2) is 12.3. The summed E-state index contributed by atoms with van der Waals surface area (Å²) < 4.78 is 5.32. The fourth-order valence-corrected chi connectivity index (χ4v) is 1.69. The van der Waals surface area contributed by atoms with Gasteiger partial charge in [-0.1, -0.05) is 13.0 Å². The van der Waals surface area contributed by atoms with Gasteiger partial charge in [0.1, 0.15) is 0 Å². The highest BCUT2D eigenvalue weighted by atomic mass is 16.5. The van der Waals surface area contributed by atoms with Gasteiger partial charge in [-0.15, -0.1) is 6.58 Å². The number of carboxylic acids is 1. The highest BCUT2D eigenvalue weighted by Gasteiger charge is 2.11. The van der Waals surface area contributed by atoms with Gasteiger partial charge in [-0.25, -0.2) is 0 Å². The molecule has 0 heterocycles. The van der Waals surface area contributed by atoms with E-state index < -0.39 is 11.9 Å². The molecule has 1 N–H and O–H groups in total. The minimum atomic E-state index is -0.863. The molecule has 0 saturated heterocycles.